The third kappa shape index (κ3) is 4.71. The fourth-order valence-electron chi connectivity index (χ4n) is 2.66. The Hall–Kier alpha value is -2.05. The minimum atomic E-state index is -4.36. The maximum Gasteiger partial charge on any atom is 0.390 e. The molecule has 1 fully saturated rings. The molecule has 0 radical (unpaired) electrons. The van der Waals surface area contributed by atoms with Gasteiger partial charge in [0, 0.05) is 13.1 Å². The summed E-state index contributed by atoms with van der Waals surface area (Å²) in [5, 5.41) is 9.03. The Kier molecular flexibility index (Phi) is 5.28. The summed E-state index contributed by atoms with van der Waals surface area (Å²) < 4.78 is 37.5. The van der Waals surface area contributed by atoms with Gasteiger partial charge in [-0.25, -0.2) is 0 Å². The molecule has 0 aliphatic heterocycles. The Morgan fingerprint density at radius 2 is 1.74 bits per heavy atom. The normalized spacial score (nSPS) is 20.7. The molecular weight excluding hydrogens is 311 g/mol. The molecule has 0 aromatic heterocycles. The van der Waals surface area contributed by atoms with Crippen molar-refractivity contribution in [1.29, 1.82) is 0 Å². The van der Waals surface area contributed by atoms with Gasteiger partial charge in [0.1, 0.15) is 0 Å². The molecule has 2 atom stereocenters. The van der Waals surface area contributed by atoms with Crippen molar-refractivity contribution in [3.8, 4) is 0 Å². The van der Waals surface area contributed by atoms with E-state index in [0.29, 0.717) is 18.4 Å². The van der Waals surface area contributed by atoms with Gasteiger partial charge in [-0.05, 0) is 18.4 Å². The zero-order valence-corrected chi connectivity index (χ0v) is 12.4. The second kappa shape index (κ2) is 7.02. The maximum atomic E-state index is 12.5. The molecule has 2 unspecified atom stereocenters. The number of hydrogen-bond acceptors (Lipinski definition) is 2. The highest BCUT2D eigenvalue weighted by Gasteiger charge is 2.43. The van der Waals surface area contributed by atoms with Crippen LogP contribution in [0.2, 0.25) is 0 Å². The molecule has 0 spiro atoms. The number of carbonyl (C=O) groups is 2. The van der Waals surface area contributed by atoms with Gasteiger partial charge < -0.3 is 10.0 Å². The fourth-order valence-corrected chi connectivity index (χ4v) is 2.66. The van der Waals surface area contributed by atoms with Gasteiger partial charge in [0.25, 0.3) is 0 Å². The fraction of sp³-hybridized carbons (Fsp3) is 0.500. The van der Waals surface area contributed by atoms with Crippen LogP contribution in [0.5, 0.6) is 0 Å². The van der Waals surface area contributed by atoms with Crippen LogP contribution < -0.4 is 0 Å². The number of rotatable bonds is 6. The van der Waals surface area contributed by atoms with Gasteiger partial charge in [-0.2, -0.15) is 13.2 Å². The molecular formula is C16H18F3NO3. The quantitative estimate of drug-likeness (QED) is 0.872. The Morgan fingerprint density at radius 3 is 2.22 bits per heavy atom. The number of halogens is 3. The van der Waals surface area contributed by atoms with Crippen LogP contribution in [0.15, 0.2) is 30.3 Å². The monoisotopic (exact) mass is 329 g/mol. The number of carboxylic acids is 1. The molecule has 1 aromatic carbocycles. The summed E-state index contributed by atoms with van der Waals surface area (Å²) in [6.07, 6.45) is -4.66. The highest BCUT2D eigenvalue weighted by molar-refractivity contribution is 5.86. The highest BCUT2D eigenvalue weighted by atomic mass is 19.4. The van der Waals surface area contributed by atoms with Crippen molar-refractivity contribution in [2.75, 3.05) is 6.54 Å². The summed E-state index contributed by atoms with van der Waals surface area (Å²) in [6.45, 7) is -0.404. The number of amides is 1. The van der Waals surface area contributed by atoms with E-state index in [0.717, 1.165) is 4.90 Å². The van der Waals surface area contributed by atoms with Gasteiger partial charge in [-0.3, -0.25) is 9.59 Å². The van der Waals surface area contributed by atoms with Crippen LogP contribution in [-0.2, 0) is 16.1 Å². The van der Waals surface area contributed by atoms with E-state index >= 15 is 0 Å². The van der Waals surface area contributed by atoms with Crippen molar-refractivity contribution < 1.29 is 27.9 Å². The predicted octanol–water partition coefficient (Wildman–Crippen LogP) is 3.08. The molecule has 0 saturated heterocycles. The molecule has 126 valence electrons. The molecule has 1 aliphatic carbocycles. The molecule has 23 heavy (non-hydrogen) atoms. The second-order valence-electron chi connectivity index (χ2n) is 5.74. The van der Waals surface area contributed by atoms with E-state index in [2.05, 4.69) is 0 Å². The SMILES string of the molecule is O=C(O)C1CCC1C(=O)N(CCC(F)(F)F)Cc1ccccc1. The van der Waals surface area contributed by atoms with Crippen LogP contribution in [0.3, 0.4) is 0 Å². The van der Waals surface area contributed by atoms with E-state index in [9.17, 15) is 22.8 Å². The molecule has 1 N–H and O–H groups in total. The zero-order valence-electron chi connectivity index (χ0n) is 12.4. The summed E-state index contributed by atoms with van der Waals surface area (Å²) >= 11 is 0. The maximum absolute atomic E-state index is 12.5. The topological polar surface area (TPSA) is 57.6 Å². The number of carbonyl (C=O) groups excluding carboxylic acids is 1. The van der Waals surface area contributed by atoms with Gasteiger partial charge in [-0.1, -0.05) is 30.3 Å². The third-order valence-electron chi connectivity index (χ3n) is 4.10. The Labute approximate surface area is 131 Å². The first-order valence-corrected chi connectivity index (χ1v) is 7.40. The number of alkyl halides is 3. The molecule has 4 nitrogen and oxygen atoms in total. The largest absolute Gasteiger partial charge is 0.481 e. The first kappa shape index (κ1) is 17.3. The average Bonchev–Trinajstić information content (AvgIpc) is 2.41. The average molecular weight is 329 g/mol. The minimum Gasteiger partial charge on any atom is -0.481 e. The summed E-state index contributed by atoms with van der Waals surface area (Å²) in [7, 11) is 0. The van der Waals surface area contributed by atoms with Crippen molar-refractivity contribution in [2.45, 2.75) is 32.0 Å². The molecule has 1 saturated carbocycles. The summed E-state index contributed by atoms with van der Waals surface area (Å²) in [6, 6.07) is 8.71. The first-order valence-electron chi connectivity index (χ1n) is 7.40. The summed E-state index contributed by atoms with van der Waals surface area (Å²) in [4.78, 5) is 24.6. The second-order valence-corrected chi connectivity index (χ2v) is 5.74. The van der Waals surface area contributed by atoms with Crippen LogP contribution in [0, 0.1) is 11.8 Å². The Morgan fingerprint density at radius 1 is 1.13 bits per heavy atom. The lowest BCUT2D eigenvalue weighted by Gasteiger charge is -2.36. The van der Waals surface area contributed by atoms with Crippen molar-refractivity contribution in [3.05, 3.63) is 35.9 Å². The Bertz CT molecular complexity index is 559. The van der Waals surface area contributed by atoms with Gasteiger partial charge in [0.05, 0.1) is 18.3 Å². The van der Waals surface area contributed by atoms with E-state index in [1.54, 1.807) is 30.3 Å². The molecule has 1 aliphatic rings. The lowest BCUT2D eigenvalue weighted by atomic mass is 9.73. The van der Waals surface area contributed by atoms with E-state index in [-0.39, 0.29) is 6.54 Å². The van der Waals surface area contributed by atoms with Crippen LogP contribution in [0.25, 0.3) is 0 Å². The molecule has 1 aromatic rings. The van der Waals surface area contributed by atoms with E-state index in [1.807, 2.05) is 0 Å². The highest BCUT2D eigenvalue weighted by Crippen LogP contribution is 2.36. The van der Waals surface area contributed by atoms with Crippen molar-refractivity contribution in [2.24, 2.45) is 11.8 Å². The zero-order chi connectivity index (χ0) is 17.0. The minimum absolute atomic E-state index is 0.0542. The number of nitrogens with zero attached hydrogens (tertiary/aromatic N) is 1. The number of hydrogen-bond donors (Lipinski definition) is 1. The molecule has 7 heteroatoms. The van der Waals surface area contributed by atoms with Crippen LogP contribution in [0.4, 0.5) is 13.2 Å². The lowest BCUT2D eigenvalue weighted by molar-refractivity contribution is -0.160. The number of benzene rings is 1. The molecule has 2 rings (SSSR count). The smallest absolute Gasteiger partial charge is 0.390 e. The predicted molar refractivity (Wildman–Crippen MR) is 76.4 cm³/mol. The first-order chi connectivity index (χ1) is 10.8. The van der Waals surface area contributed by atoms with Crippen molar-refractivity contribution in [3.63, 3.8) is 0 Å². The molecule has 0 bridgehead atoms. The lowest BCUT2D eigenvalue weighted by Crippen LogP contribution is -2.46. The van der Waals surface area contributed by atoms with Crippen molar-refractivity contribution in [1.82, 2.24) is 4.90 Å². The third-order valence-corrected chi connectivity index (χ3v) is 4.10. The van der Waals surface area contributed by atoms with Crippen LogP contribution in [0.1, 0.15) is 24.8 Å². The number of aliphatic carboxylic acids is 1. The van der Waals surface area contributed by atoms with Crippen LogP contribution in [-0.4, -0.2) is 34.6 Å². The molecule has 0 heterocycles. The number of carboxylic acid groups (broad SMARTS) is 1. The summed E-state index contributed by atoms with van der Waals surface area (Å²) in [5.41, 5.74) is 0.717. The van der Waals surface area contributed by atoms with Crippen molar-refractivity contribution >= 4 is 11.9 Å². The van der Waals surface area contributed by atoms with Gasteiger partial charge in [-0.15, -0.1) is 0 Å². The Balaban J connectivity index is 2.09. The van der Waals surface area contributed by atoms with Crippen LogP contribution >= 0.6 is 0 Å². The van der Waals surface area contributed by atoms with Gasteiger partial charge in [0.15, 0.2) is 0 Å². The van der Waals surface area contributed by atoms with Gasteiger partial charge in [0.2, 0.25) is 5.91 Å². The van der Waals surface area contributed by atoms with E-state index in [4.69, 9.17) is 5.11 Å². The van der Waals surface area contributed by atoms with E-state index in [1.165, 1.54) is 0 Å². The van der Waals surface area contributed by atoms with Gasteiger partial charge >= 0.3 is 12.1 Å². The standard InChI is InChI=1S/C16H18F3NO3/c17-16(18,19)8-9-20(10-11-4-2-1-3-5-11)14(21)12-6-7-13(12)15(22)23/h1-5,12-13H,6-10H2,(H,22,23). The molecule has 1 amide bonds. The van der Waals surface area contributed by atoms with E-state index < -0.39 is 42.9 Å². The summed E-state index contributed by atoms with van der Waals surface area (Å²) in [5.74, 6) is -3.07.